The summed E-state index contributed by atoms with van der Waals surface area (Å²) in [7, 11) is 0. The number of carbonyl (C=O) groups excluding carboxylic acids is 1. The van der Waals surface area contributed by atoms with Crippen LogP contribution in [0.4, 0.5) is 5.69 Å². The fourth-order valence-corrected chi connectivity index (χ4v) is 3.65. The van der Waals surface area contributed by atoms with Gasteiger partial charge in [-0.25, -0.2) is 0 Å². The van der Waals surface area contributed by atoms with Crippen molar-refractivity contribution in [1.82, 2.24) is 19.6 Å². The molecule has 28 heavy (non-hydrogen) atoms. The van der Waals surface area contributed by atoms with Gasteiger partial charge in [-0.15, -0.1) is 10.2 Å². The van der Waals surface area contributed by atoms with E-state index in [1.165, 1.54) is 17.8 Å². The lowest BCUT2D eigenvalue weighted by Gasteiger charge is -2.19. The summed E-state index contributed by atoms with van der Waals surface area (Å²) in [4.78, 5) is 26.8. The molecule has 1 aliphatic rings. The molecule has 0 bridgehead atoms. The van der Waals surface area contributed by atoms with Crippen LogP contribution in [0, 0.1) is 0 Å². The van der Waals surface area contributed by atoms with Crippen LogP contribution in [0.15, 0.2) is 34.2 Å². The van der Waals surface area contributed by atoms with E-state index in [0.717, 1.165) is 5.69 Å². The van der Waals surface area contributed by atoms with Crippen LogP contribution in [-0.4, -0.2) is 44.5 Å². The molecule has 0 radical (unpaired) electrons. The molecule has 0 fully saturated rings. The number of nitrogens with zero attached hydrogens (tertiary/aromatic N) is 3. The Morgan fingerprint density at radius 1 is 1.25 bits per heavy atom. The monoisotopic (exact) mass is 401 g/mol. The molecule has 3 aromatic rings. The first-order chi connectivity index (χ1) is 13.5. The highest BCUT2D eigenvalue weighted by Gasteiger charge is 2.16. The Hall–Kier alpha value is -3.01. The maximum Gasteiger partial charge on any atom is 0.252 e. The number of fused-ring (bicyclic) bond motifs is 2. The Morgan fingerprint density at radius 3 is 2.82 bits per heavy atom. The van der Waals surface area contributed by atoms with Gasteiger partial charge in [0, 0.05) is 23.5 Å². The first kappa shape index (κ1) is 18.4. The number of ether oxygens (including phenoxy) is 2. The second-order valence-corrected chi connectivity index (χ2v) is 7.49. The third-order valence-electron chi connectivity index (χ3n) is 4.16. The molecule has 1 aliphatic heterocycles. The number of thioether (sulfide) groups is 1. The Labute approximate surface area is 164 Å². The lowest BCUT2D eigenvalue weighted by Crippen LogP contribution is -2.17. The largest absolute Gasteiger partial charge is 0.486 e. The summed E-state index contributed by atoms with van der Waals surface area (Å²) in [6, 6.07) is 6.81. The first-order valence-electron chi connectivity index (χ1n) is 8.82. The number of anilines is 1. The summed E-state index contributed by atoms with van der Waals surface area (Å²) in [5.74, 6) is 1.72. The average molecular weight is 401 g/mol. The normalized spacial score (nSPS) is 13.1. The number of aromatic nitrogens is 4. The molecule has 0 atom stereocenters. The van der Waals surface area contributed by atoms with Crippen LogP contribution < -0.4 is 20.3 Å². The van der Waals surface area contributed by atoms with Gasteiger partial charge in [0.2, 0.25) is 11.7 Å². The zero-order valence-corrected chi connectivity index (χ0v) is 16.2. The van der Waals surface area contributed by atoms with Crippen molar-refractivity contribution in [1.29, 1.82) is 0 Å². The SMILES string of the molecule is CC(C)c1cc(=O)[nH]c2nnc(SCC(=O)Nc3ccc4c(c3)OCCO4)n12. The van der Waals surface area contributed by atoms with E-state index in [4.69, 9.17) is 9.47 Å². The van der Waals surface area contributed by atoms with Gasteiger partial charge in [0.05, 0.1) is 5.75 Å². The van der Waals surface area contributed by atoms with Gasteiger partial charge in [-0.2, -0.15) is 0 Å². The quantitative estimate of drug-likeness (QED) is 0.630. The highest BCUT2D eigenvalue weighted by atomic mass is 32.2. The summed E-state index contributed by atoms with van der Waals surface area (Å²) in [5.41, 5.74) is 1.20. The van der Waals surface area contributed by atoms with Crippen molar-refractivity contribution in [3.8, 4) is 11.5 Å². The molecule has 0 spiro atoms. The minimum absolute atomic E-state index is 0.103. The fourth-order valence-electron chi connectivity index (χ4n) is 2.90. The highest BCUT2D eigenvalue weighted by Crippen LogP contribution is 2.32. The maximum atomic E-state index is 12.4. The topological polar surface area (TPSA) is 111 Å². The molecular weight excluding hydrogens is 382 g/mol. The lowest BCUT2D eigenvalue weighted by atomic mass is 10.1. The predicted molar refractivity (Wildman–Crippen MR) is 104 cm³/mol. The van der Waals surface area contributed by atoms with Crippen molar-refractivity contribution < 1.29 is 14.3 Å². The Balaban J connectivity index is 1.47. The lowest BCUT2D eigenvalue weighted by molar-refractivity contribution is -0.113. The maximum absolute atomic E-state index is 12.4. The first-order valence-corrected chi connectivity index (χ1v) is 9.80. The Morgan fingerprint density at radius 2 is 2.04 bits per heavy atom. The van der Waals surface area contributed by atoms with Crippen molar-refractivity contribution >= 4 is 29.1 Å². The molecular formula is C18H19N5O4S. The number of aromatic amines is 1. The second kappa shape index (κ2) is 7.55. The number of H-pyrrole nitrogens is 1. The van der Waals surface area contributed by atoms with Crippen LogP contribution in [0.5, 0.6) is 11.5 Å². The van der Waals surface area contributed by atoms with Crippen LogP contribution in [0.1, 0.15) is 25.5 Å². The number of benzene rings is 1. The van der Waals surface area contributed by atoms with E-state index in [1.54, 1.807) is 22.6 Å². The molecule has 10 heteroatoms. The zero-order chi connectivity index (χ0) is 19.7. The summed E-state index contributed by atoms with van der Waals surface area (Å²) >= 11 is 1.25. The predicted octanol–water partition coefficient (Wildman–Crippen LogP) is 2.04. The molecule has 0 unspecified atom stereocenters. The average Bonchev–Trinajstić information content (AvgIpc) is 3.08. The smallest absolute Gasteiger partial charge is 0.252 e. The summed E-state index contributed by atoms with van der Waals surface area (Å²) in [5, 5.41) is 11.5. The van der Waals surface area contributed by atoms with Crippen LogP contribution >= 0.6 is 11.8 Å². The number of carbonyl (C=O) groups is 1. The molecule has 0 saturated carbocycles. The Bertz CT molecular complexity index is 1090. The van der Waals surface area contributed by atoms with Crippen LogP contribution in [0.25, 0.3) is 5.78 Å². The summed E-state index contributed by atoms with van der Waals surface area (Å²) in [6.07, 6.45) is 0. The molecule has 9 nitrogen and oxygen atoms in total. The standard InChI is InChI=1S/C18H19N5O4S/c1-10(2)12-8-15(24)20-17-21-22-18(23(12)17)28-9-16(25)19-11-3-4-13-14(7-11)27-6-5-26-13/h3-4,7-8,10H,5-6,9H2,1-2H3,(H,19,25)(H,20,21,24). The van der Waals surface area contributed by atoms with Crippen molar-refractivity contribution in [3.05, 3.63) is 40.3 Å². The minimum atomic E-state index is -0.225. The molecule has 1 amide bonds. The number of amides is 1. The molecule has 0 aliphatic carbocycles. The van der Waals surface area contributed by atoms with E-state index in [2.05, 4.69) is 20.5 Å². The van der Waals surface area contributed by atoms with E-state index >= 15 is 0 Å². The fraction of sp³-hybridized carbons (Fsp3) is 0.333. The number of hydrogen-bond acceptors (Lipinski definition) is 7. The molecule has 2 aromatic heterocycles. The van der Waals surface area contributed by atoms with E-state index in [1.807, 2.05) is 13.8 Å². The molecule has 146 valence electrons. The van der Waals surface area contributed by atoms with Crippen molar-refractivity contribution in [2.75, 3.05) is 24.3 Å². The van der Waals surface area contributed by atoms with Crippen LogP contribution in [0.3, 0.4) is 0 Å². The summed E-state index contributed by atoms with van der Waals surface area (Å²) < 4.78 is 12.8. The van der Waals surface area contributed by atoms with Gasteiger partial charge >= 0.3 is 0 Å². The Kier molecular flexibility index (Phi) is 4.95. The molecule has 3 heterocycles. The zero-order valence-electron chi connectivity index (χ0n) is 15.4. The van der Waals surface area contributed by atoms with Gasteiger partial charge in [0.15, 0.2) is 16.7 Å². The molecule has 4 rings (SSSR count). The molecule has 0 saturated heterocycles. The van der Waals surface area contributed by atoms with E-state index in [9.17, 15) is 9.59 Å². The third-order valence-corrected chi connectivity index (χ3v) is 5.08. The van der Waals surface area contributed by atoms with Gasteiger partial charge in [-0.05, 0) is 18.1 Å². The van der Waals surface area contributed by atoms with Crippen LogP contribution in [-0.2, 0) is 4.79 Å². The van der Waals surface area contributed by atoms with Gasteiger partial charge in [0.1, 0.15) is 13.2 Å². The van der Waals surface area contributed by atoms with Crippen molar-refractivity contribution in [3.63, 3.8) is 0 Å². The highest BCUT2D eigenvalue weighted by molar-refractivity contribution is 7.99. The van der Waals surface area contributed by atoms with E-state index < -0.39 is 0 Å². The molecule has 1 aromatic carbocycles. The number of nitrogens with one attached hydrogen (secondary N) is 2. The number of rotatable bonds is 5. The minimum Gasteiger partial charge on any atom is -0.486 e. The van der Waals surface area contributed by atoms with Gasteiger partial charge in [0.25, 0.3) is 5.56 Å². The van der Waals surface area contributed by atoms with E-state index in [0.29, 0.717) is 41.3 Å². The van der Waals surface area contributed by atoms with Gasteiger partial charge < -0.3 is 14.8 Å². The van der Waals surface area contributed by atoms with Crippen molar-refractivity contribution in [2.24, 2.45) is 0 Å². The van der Waals surface area contributed by atoms with Crippen molar-refractivity contribution in [2.45, 2.75) is 24.9 Å². The third kappa shape index (κ3) is 3.68. The van der Waals surface area contributed by atoms with Gasteiger partial charge in [-0.3, -0.25) is 19.0 Å². The van der Waals surface area contributed by atoms with Gasteiger partial charge in [-0.1, -0.05) is 25.6 Å². The number of hydrogen-bond donors (Lipinski definition) is 2. The van der Waals surface area contributed by atoms with Crippen LogP contribution in [0.2, 0.25) is 0 Å². The second-order valence-electron chi connectivity index (χ2n) is 6.55. The van der Waals surface area contributed by atoms with E-state index in [-0.39, 0.29) is 23.1 Å². The molecule has 2 N–H and O–H groups in total. The summed E-state index contributed by atoms with van der Waals surface area (Å²) in [6.45, 7) is 4.97.